The number of aliphatic hydroxyl groups is 1. The maximum Gasteiger partial charge on any atom is 0.119 e. The minimum Gasteiger partial charge on any atom is -0.497 e. The molecule has 1 fully saturated rings. The van der Waals surface area contributed by atoms with Gasteiger partial charge < -0.3 is 9.84 Å². The Morgan fingerprint density at radius 1 is 1.14 bits per heavy atom. The van der Waals surface area contributed by atoms with Crippen LogP contribution in [0.15, 0.2) is 60.9 Å². The monoisotopic (exact) mass is 377 g/mol. The van der Waals surface area contributed by atoms with Crippen LogP contribution in [0.1, 0.15) is 23.1 Å². The first-order chi connectivity index (χ1) is 13.7. The lowest BCUT2D eigenvalue weighted by molar-refractivity contribution is 0.281. The Balaban J connectivity index is 1.45. The Labute approximate surface area is 166 Å². The predicted octanol–water partition coefficient (Wildman–Crippen LogP) is 3.44. The summed E-state index contributed by atoms with van der Waals surface area (Å²) in [7, 11) is 1.71. The molecule has 3 aromatic rings. The van der Waals surface area contributed by atoms with Gasteiger partial charge in [-0.3, -0.25) is 4.90 Å². The number of aliphatic hydroxyl groups excluding tert-OH is 1. The first-order valence-corrected chi connectivity index (χ1v) is 9.83. The third kappa shape index (κ3) is 4.26. The summed E-state index contributed by atoms with van der Waals surface area (Å²) in [5.41, 5.74) is 4.64. The van der Waals surface area contributed by atoms with E-state index < -0.39 is 0 Å². The second-order valence-electron chi connectivity index (χ2n) is 7.52. The fourth-order valence-electron chi connectivity index (χ4n) is 4.10. The fraction of sp³-hybridized carbons (Fsp3) is 0.348. The molecule has 0 unspecified atom stereocenters. The van der Waals surface area contributed by atoms with Crippen LogP contribution in [-0.2, 0) is 19.6 Å². The van der Waals surface area contributed by atoms with Crippen molar-refractivity contribution in [2.24, 2.45) is 5.92 Å². The number of benzene rings is 2. The number of ether oxygens (including phenoxy) is 1. The highest BCUT2D eigenvalue weighted by Gasteiger charge is 2.24. The molecule has 1 atom stereocenters. The number of hydrogen-bond acceptors (Lipinski definition) is 4. The SMILES string of the molecule is COc1ccc(-n2cccn2)c(CN2CC[C@@H](Cc3cccc(CO)c3)C2)c1. The summed E-state index contributed by atoms with van der Waals surface area (Å²) in [6, 6.07) is 16.4. The van der Waals surface area contributed by atoms with E-state index in [1.54, 1.807) is 13.3 Å². The van der Waals surface area contributed by atoms with Gasteiger partial charge in [-0.05, 0) is 66.3 Å². The van der Waals surface area contributed by atoms with Gasteiger partial charge in [0.25, 0.3) is 0 Å². The summed E-state index contributed by atoms with van der Waals surface area (Å²) in [4.78, 5) is 2.52. The lowest BCUT2D eigenvalue weighted by Gasteiger charge is -2.19. The number of rotatable bonds is 7. The van der Waals surface area contributed by atoms with E-state index in [0.29, 0.717) is 5.92 Å². The highest BCUT2D eigenvalue weighted by Crippen LogP contribution is 2.27. The maximum absolute atomic E-state index is 9.35. The highest BCUT2D eigenvalue weighted by molar-refractivity contribution is 5.45. The average molecular weight is 377 g/mol. The summed E-state index contributed by atoms with van der Waals surface area (Å²) < 4.78 is 7.36. The van der Waals surface area contributed by atoms with Crippen molar-refractivity contribution in [3.8, 4) is 11.4 Å². The summed E-state index contributed by atoms with van der Waals surface area (Å²) in [6.07, 6.45) is 6.05. The molecule has 4 rings (SSSR count). The van der Waals surface area contributed by atoms with E-state index in [-0.39, 0.29) is 6.61 Å². The molecule has 1 saturated heterocycles. The molecule has 5 nitrogen and oxygen atoms in total. The highest BCUT2D eigenvalue weighted by atomic mass is 16.5. The number of aromatic nitrogens is 2. The number of nitrogens with zero attached hydrogens (tertiary/aromatic N) is 3. The standard InChI is InChI=1S/C23H27N3O2/c1-28-22-6-7-23(26-10-3-9-24-26)21(14-22)16-25-11-8-19(15-25)12-18-4-2-5-20(13-18)17-27/h2-7,9-10,13-14,19,27H,8,11-12,15-17H2,1H3/t19-/m0/s1. The lowest BCUT2D eigenvalue weighted by atomic mass is 9.97. The summed E-state index contributed by atoms with van der Waals surface area (Å²) in [5.74, 6) is 1.52. The fourth-order valence-corrected chi connectivity index (χ4v) is 4.10. The van der Waals surface area contributed by atoms with Crippen molar-refractivity contribution in [2.45, 2.75) is 26.0 Å². The van der Waals surface area contributed by atoms with Crippen LogP contribution in [0.3, 0.4) is 0 Å². The number of likely N-dealkylation sites (tertiary alicyclic amines) is 1. The molecule has 5 heteroatoms. The molecule has 0 radical (unpaired) electrons. The van der Waals surface area contributed by atoms with Gasteiger partial charge >= 0.3 is 0 Å². The molecule has 1 aromatic heterocycles. The smallest absolute Gasteiger partial charge is 0.119 e. The second kappa shape index (κ2) is 8.59. The van der Waals surface area contributed by atoms with Gasteiger partial charge in [-0.1, -0.05) is 24.3 Å². The molecule has 1 aliphatic rings. The van der Waals surface area contributed by atoms with Crippen molar-refractivity contribution in [2.75, 3.05) is 20.2 Å². The van der Waals surface area contributed by atoms with Crippen LogP contribution < -0.4 is 4.74 Å². The molecule has 1 aliphatic heterocycles. The third-order valence-electron chi connectivity index (χ3n) is 5.50. The zero-order chi connectivity index (χ0) is 19.3. The van der Waals surface area contributed by atoms with Gasteiger partial charge in [-0.15, -0.1) is 0 Å². The van der Waals surface area contributed by atoms with Gasteiger partial charge in [0.2, 0.25) is 0 Å². The van der Waals surface area contributed by atoms with Gasteiger partial charge in [0.05, 0.1) is 19.4 Å². The molecule has 1 N–H and O–H groups in total. The van der Waals surface area contributed by atoms with Crippen molar-refractivity contribution < 1.29 is 9.84 Å². The quantitative estimate of drug-likeness (QED) is 0.685. The second-order valence-corrected chi connectivity index (χ2v) is 7.52. The van der Waals surface area contributed by atoms with Crippen molar-refractivity contribution in [1.29, 1.82) is 0 Å². The molecule has 2 aromatic carbocycles. The van der Waals surface area contributed by atoms with Gasteiger partial charge in [0.15, 0.2) is 0 Å². The Hall–Kier alpha value is -2.63. The Morgan fingerprint density at radius 2 is 2.04 bits per heavy atom. The molecule has 0 bridgehead atoms. The van der Waals surface area contributed by atoms with E-state index in [4.69, 9.17) is 4.74 Å². The third-order valence-corrected chi connectivity index (χ3v) is 5.50. The molecule has 28 heavy (non-hydrogen) atoms. The molecule has 0 amide bonds. The van der Waals surface area contributed by atoms with Crippen LogP contribution in [-0.4, -0.2) is 40.0 Å². The Bertz CT molecular complexity index is 908. The first kappa shape index (κ1) is 18.7. The van der Waals surface area contributed by atoms with Crippen LogP contribution in [0.2, 0.25) is 0 Å². The van der Waals surface area contributed by atoms with E-state index >= 15 is 0 Å². The molecular weight excluding hydrogens is 350 g/mol. The minimum atomic E-state index is 0.108. The number of hydrogen-bond donors (Lipinski definition) is 1. The molecule has 0 aliphatic carbocycles. The average Bonchev–Trinajstić information content (AvgIpc) is 3.40. The molecule has 0 spiro atoms. The van der Waals surface area contributed by atoms with Crippen LogP contribution in [0.5, 0.6) is 5.75 Å². The van der Waals surface area contributed by atoms with Gasteiger partial charge in [0.1, 0.15) is 5.75 Å². The zero-order valence-electron chi connectivity index (χ0n) is 16.3. The molecule has 0 saturated carbocycles. The van der Waals surface area contributed by atoms with Gasteiger partial charge in [-0.25, -0.2) is 4.68 Å². The van der Waals surface area contributed by atoms with Crippen LogP contribution in [0, 0.1) is 5.92 Å². The molecule has 2 heterocycles. The Kier molecular flexibility index (Phi) is 5.74. The largest absolute Gasteiger partial charge is 0.497 e. The number of methoxy groups -OCH3 is 1. The van der Waals surface area contributed by atoms with Crippen molar-refractivity contribution in [3.63, 3.8) is 0 Å². The van der Waals surface area contributed by atoms with E-state index in [9.17, 15) is 5.11 Å². The summed E-state index contributed by atoms with van der Waals surface area (Å²) >= 11 is 0. The van der Waals surface area contributed by atoms with Crippen molar-refractivity contribution in [1.82, 2.24) is 14.7 Å². The van der Waals surface area contributed by atoms with Gasteiger partial charge in [-0.2, -0.15) is 5.10 Å². The van der Waals surface area contributed by atoms with Crippen LogP contribution >= 0.6 is 0 Å². The summed E-state index contributed by atoms with van der Waals surface area (Å²) in [6.45, 7) is 3.18. The van der Waals surface area contributed by atoms with E-state index in [1.165, 1.54) is 17.5 Å². The minimum absolute atomic E-state index is 0.108. The predicted molar refractivity (Wildman–Crippen MR) is 110 cm³/mol. The topological polar surface area (TPSA) is 50.5 Å². The van der Waals surface area contributed by atoms with E-state index in [2.05, 4.69) is 34.3 Å². The van der Waals surface area contributed by atoms with Crippen LogP contribution in [0.25, 0.3) is 5.69 Å². The lowest BCUT2D eigenvalue weighted by Crippen LogP contribution is -2.21. The van der Waals surface area contributed by atoms with Crippen molar-refractivity contribution >= 4 is 0 Å². The van der Waals surface area contributed by atoms with Gasteiger partial charge in [0, 0.05) is 25.5 Å². The van der Waals surface area contributed by atoms with Crippen LogP contribution in [0.4, 0.5) is 0 Å². The van der Waals surface area contributed by atoms with E-state index in [1.807, 2.05) is 35.1 Å². The first-order valence-electron chi connectivity index (χ1n) is 9.83. The Morgan fingerprint density at radius 3 is 2.82 bits per heavy atom. The summed E-state index contributed by atoms with van der Waals surface area (Å²) in [5, 5.41) is 13.8. The molecule has 146 valence electrons. The zero-order valence-corrected chi connectivity index (χ0v) is 16.3. The normalized spacial score (nSPS) is 17.1. The van der Waals surface area contributed by atoms with E-state index in [0.717, 1.165) is 43.1 Å². The molecular formula is C23H27N3O2. The maximum atomic E-state index is 9.35. The van der Waals surface area contributed by atoms with Crippen molar-refractivity contribution in [3.05, 3.63) is 77.6 Å².